The molecule has 1 atom stereocenters. The SMILES string of the molecule is Cc1cc2nc(C3CCCCN3C(=O)c3c(C)noc3C)[nH]c2cc1C. The first kappa shape index (κ1) is 16.8. The Labute approximate surface area is 152 Å². The van der Waals surface area contributed by atoms with Crippen LogP contribution < -0.4 is 0 Å². The van der Waals surface area contributed by atoms with Gasteiger partial charge in [0.25, 0.3) is 5.91 Å². The molecule has 2 aromatic heterocycles. The first-order valence-corrected chi connectivity index (χ1v) is 9.16. The third kappa shape index (κ3) is 2.69. The molecule has 0 saturated carbocycles. The molecule has 0 bridgehead atoms. The number of nitrogens with one attached hydrogen (secondary N) is 1. The first-order valence-electron chi connectivity index (χ1n) is 9.16. The summed E-state index contributed by atoms with van der Waals surface area (Å²) in [5.41, 5.74) is 5.67. The van der Waals surface area contributed by atoms with Crippen molar-refractivity contribution in [2.24, 2.45) is 0 Å². The molecule has 26 heavy (non-hydrogen) atoms. The number of benzene rings is 1. The van der Waals surface area contributed by atoms with Crippen molar-refractivity contribution in [1.29, 1.82) is 0 Å². The average Bonchev–Trinajstić information content (AvgIpc) is 3.17. The van der Waals surface area contributed by atoms with E-state index in [-0.39, 0.29) is 11.9 Å². The van der Waals surface area contributed by atoms with E-state index in [2.05, 4.69) is 36.1 Å². The normalized spacial score (nSPS) is 17.8. The molecular formula is C20H24N4O2. The molecule has 1 fully saturated rings. The van der Waals surface area contributed by atoms with Crippen molar-refractivity contribution < 1.29 is 9.32 Å². The van der Waals surface area contributed by atoms with E-state index in [4.69, 9.17) is 9.51 Å². The molecule has 1 unspecified atom stereocenters. The zero-order chi connectivity index (χ0) is 18.4. The number of aryl methyl sites for hydroxylation is 4. The number of hydrogen-bond donors (Lipinski definition) is 1. The number of fused-ring (bicyclic) bond motifs is 1. The fourth-order valence-electron chi connectivity index (χ4n) is 3.84. The van der Waals surface area contributed by atoms with Gasteiger partial charge in [0.2, 0.25) is 0 Å². The molecule has 1 amide bonds. The molecule has 1 aromatic carbocycles. The van der Waals surface area contributed by atoms with Crippen molar-refractivity contribution in [2.45, 2.75) is 53.0 Å². The predicted octanol–water partition coefficient (Wildman–Crippen LogP) is 4.15. The van der Waals surface area contributed by atoms with Crippen molar-refractivity contribution in [3.8, 4) is 0 Å². The number of H-pyrrole nitrogens is 1. The van der Waals surface area contributed by atoms with E-state index in [9.17, 15) is 4.79 Å². The Kier molecular flexibility index (Phi) is 4.05. The summed E-state index contributed by atoms with van der Waals surface area (Å²) in [4.78, 5) is 23.4. The van der Waals surface area contributed by atoms with Crippen LogP contribution in [0.3, 0.4) is 0 Å². The number of aromatic nitrogens is 3. The molecule has 0 spiro atoms. The molecular weight excluding hydrogens is 328 g/mol. The van der Waals surface area contributed by atoms with Crippen molar-refractivity contribution >= 4 is 16.9 Å². The van der Waals surface area contributed by atoms with Gasteiger partial charge < -0.3 is 14.4 Å². The Bertz CT molecular complexity index is 927. The lowest BCUT2D eigenvalue weighted by molar-refractivity contribution is 0.0599. The molecule has 6 heteroatoms. The number of imidazole rings is 1. The highest BCUT2D eigenvalue weighted by Gasteiger charge is 2.33. The molecule has 1 N–H and O–H groups in total. The fourth-order valence-corrected chi connectivity index (χ4v) is 3.84. The van der Waals surface area contributed by atoms with E-state index in [1.165, 1.54) is 11.1 Å². The maximum atomic E-state index is 13.2. The lowest BCUT2D eigenvalue weighted by Crippen LogP contribution is -2.39. The van der Waals surface area contributed by atoms with Crippen molar-refractivity contribution in [1.82, 2.24) is 20.0 Å². The first-order chi connectivity index (χ1) is 12.5. The van der Waals surface area contributed by atoms with Crippen LogP contribution in [-0.2, 0) is 0 Å². The summed E-state index contributed by atoms with van der Waals surface area (Å²) in [5, 5.41) is 3.94. The fraction of sp³-hybridized carbons (Fsp3) is 0.450. The summed E-state index contributed by atoms with van der Waals surface area (Å²) in [7, 11) is 0. The molecule has 6 nitrogen and oxygen atoms in total. The van der Waals surface area contributed by atoms with Gasteiger partial charge >= 0.3 is 0 Å². The summed E-state index contributed by atoms with van der Waals surface area (Å²) >= 11 is 0. The number of nitrogens with zero attached hydrogens (tertiary/aromatic N) is 3. The number of carbonyl (C=O) groups is 1. The van der Waals surface area contributed by atoms with E-state index in [1.54, 1.807) is 6.92 Å². The monoisotopic (exact) mass is 352 g/mol. The molecule has 1 aliphatic rings. The van der Waals surface area contributed by atoms with Gasteiger partial charge in [0.15, 0.2) is 0 Å². The molecule has 4 rings (SSSR count). The summed E-state index contributed by atoms with van der Waals surface area (Å²) in [6.45, 7) is 8.53. The largest absolute Gasteiger partial charge is 0.361 e. The van der Waals surface area contributed by atoms with Crippen LogP contribution in [0, 0.1) is 27.7 Å². The summed E-state index contributed by atoms with van der Waals surface area (Å²) in [6, 6.07) is 4.19. The summed E-state index contributed by atoms with van der Waals surface area (Å²) in [6.07, 6.45) is 3.00. The molecule has 136 valence electrons. The Morgan fingerprint density at radius 3 is 2.69 bits per heavy atom. The third-order valence-electron chi connectivity index (χ3n) is 5.44. The lowest BCUT2D eigenvalue weighted by Gasteiger charge is -2.34. The van der Waals surface area contributed by atoms with Crippen LogP contribution in [0.2, 0.25) is 0 Å². The van der Waals surface area contributed by atoms with Crippen molar-refractivity contribution in [3.63, 3.8) is 0 Å². The Morgan fingerprint density at radius 1 is 1.19 bits per heavy atom. The highest BCUT2D eigenvalue weighted by atomic mass is 16.5. The predicted molar refractivity (Wildman–Crippen MR) is 99.2 cm³/mol. The van der Waals surface area contributed by atoms with Gasteiger partial charge in [0.05, 0.1) is 22.8 Å². The quantitative estimate of drug-likeness (QED) is 0.752. The van der Waals surface area contributed by atoms with Crippen LogP contribution >= 0.6 is 0 Å². The second-order valence-electron chi connectivity index (χ2n) is 7.28. The van der Waals surface area contributed by atoms with E-state index >= 15 is 0 Å². The van der Waals surface area contributed by atoms with E-state index < -0.39 is 0 Å². The molecule has 3 aromatic rings. The summed E-state index contributed by atoms with van der Waals surface area (Å²) in [5.74, 6) is 1.43. The van der Waals surface area contributed by atoms with E-state index in [0.29, 0.717) is 17.0 Å². The lowest BCUT2D eigenvalue weighted by atomic mass is 10.00. The number of carbonyl (C=O) groups excluding carboxylic acids is 1. The van der Waals surface area contributed by atoms with Crippen LogP contribution in [-0.4, -0.2) is 32.5 Å². The van der Waals surface area contributed by atoms with Gasteiger partial charge in [-0.25, -0.2) is 4.98 Å². The van der Waals surface area contributed by atoms with Gasteiger partial charge in [0, 0.05) is 6.54 Å². The number of likely N-dealkylation sites (tertiary alicyclic amines) is 1. The second kappa shape index (κ2) is 6.27. The molecule has 0 radical (unpaired) electrons. The molecule has 0 aliphatic carbocycles. The van der Waals surface area contributed by atoms with Crippen molar-refractivity contribution in [3.05, 3.63) is 46.1 Å². The van der Waals surface area contributed by atoms with Gasteiger partial charge in [-0.05, 0) is 70.2 Å². The van der Waals surface area contributed by atoms with Crippen LogP contribution in [0.4, 0.5) is 0 Å². The Hall–Kier alpha value is -2.63. The highest BCUT2D eigenvalue weighted by molar-refractivity contribution is 5.96. The minimum atomic E-state index is -0.0436. The van der Waals surface area contributed by atoms with E-state index in [0.717, 1.165) is 42.7 Å². The standard InChI is InChI=1S/C20H24N4O2/c1-11-9-15-16(10-12(11)2)22-19(21-15)17-7-5-6-8-24(17)20(25)18-13(3)23-26-14(18)4/h9-10,17H,5-8H2,1-4H3,(H,21,22). The molecule has 3 heterocycles. The summed E-state index contributed by atoms with van der Waals surface area (Å²) < 4.78 is 5.20. The third-order valence-corrected chi connectivity index (χ3v) is 5.44. The minimum absolute atomic E-state index is 0.0150. The number of piperidine rings is 1. The highest BCUT2D eigenvalue weighted by Crippen LogP contribution is 2.33. The van der Waals surface area contributed by atoms with Gasteiger partial charge in [-0.2, -0.15) is 0 Å². The zero-order valence-corrected chi connectivity index (χ0v) is 15.7. The van der Waals surface area contributed by atoms with Gasteiger partial charge in [0.1, 0.15) is 17.1 Å². The van der Waals surface area contributed by atoms with E-state index in [1.807, 2.05) is 11.8 Å². The zero-order valence-electron chi connectivity index (χ0n) is 15.7. The second-order valence-corrected chi connectivity index (χ2v) is 7.28. The van der Waals surface area contributed by atoms with Gasteiger partial charge in [-0.15, -0.1) is 0 Å². The molecule has 1 saturated heterocycles. The smallest absolute Gasteiger partial charge is 0.259 e. The van der Waals surface area contributed by atoms with Crippen LogP contribution in [0.5, 0.6) is 0 Å². The Balaban J connectivity index is 1.73. The number of rotatable bonds is 2. The Morgan fingerprint density at radius 2 is 1.96 bits per heavy atom. The minimum Gasteiger partial charge on any atom is -0.361 e. The topological polar surface area (TPSA) is 75.0 Å². The van der Waals surface area contributed by atoms with Crippen LogP contribution in [0.15, 0.2) is 16.7 Å². The maximum absolute atomic E-state index is 13.2. The maximum Gasteiger partial charge on any atom is 0.259 e. The van der Waals surface area contributed by atoms with Gasteiger partial charge in [-0.3, -0.25) is 4.79 Å². The van der Waals surface area contributed by atoms with Crippen LogP contribution in [0.25, 0.3) is 11.0 Å². The number of aromatic amines is 1. The van der Waals surface area contributed by atoms with Gasteiger partial charge in [-0.1, -0.05) is 5.16 Å². The van der Waals surface area contributed by atoms with Crippen molar-refractivity contribution in [2.75, 3.05) is 6.54 Å². The number of amides is 1. The van der Waals surface area contributed by atoms with Crippen LogP contribution in [0.1, 0.15) is 64.1 Å². The average molecular weight is 352 g/mol. The molecule has 1 aliphatic heterocycles. The number of hydrogen-bond acceptors (Lipinski definition) is 4.